The highest BCUT2D eigenvalue weighted by molar-refractivity contribution is 5.82. The minimum absolute atomic E-state index is 0.0360. The standard InChI is InChI=1S/C16H18FN3O/c17-15-5-2-1-4-12(15)13-10-14(13)16(21)19-6-3-8-20-9-7-18-11-20/h1-2,4-5,7,9,11,13-14H,3,6,8,10H2,(H,19,21). The summed E-state index contributed by atoms with van der Waals surface area (Å²) in [5, 5.41) is 2.93. The fourth-order valence-corrected chi connectivity index (χ4v) is 2.63. The first-order chi connectivity index (χ1) is 10.3. The molecule has 110 valence electrons. The van der Waals surface area contributed by atoms with E-state index in [0.717, 1.165) is 19.4 Å². The van der Waals surface area contributed by atoms with E-state index in [4.69, 9.17) is 0 Å². The Morgan fingerprint density at radius 2 is 2.29 bits per heavy atom. The highest BCUT2D eigenvalue weighted by atomic mass is 19.1. The first-order valence-corrected chi connectivity index (χ1v) is 7.23. The highest BCUT2D eigenvalue weighted by Crippen LogP contribution is 2.48. The lowest BCUT2D eigenvalue weighted by Gasteiger charge is -2.06. The molecule has 0 saturated heterocycles. The number of halogens is 1. The number of aryl methyl sites for hydroxylation is 1. The molecule has 1 aliphatic carbocycles. The molecule has 1 amide bonds. The topological polar surface area (TPSA) is 46.9 Å². The summed E-state index contributed by atoms with van der Waals surface area (Å²) in [6.07, 6.45) is 7.00. The van der Waals surface area contributed by atoms with E-state index in [2.05, 4.69) is 10.3 Å². The van der Waals surface area contributed by atoms with E-state index in [1.54, 1.807) is 24.7 Å². The van der Waals surface area contributed by atoms with Gasteiger partial charge in [0.2, 0.25) is 5.91 Å². The molecule has 21 heavy (non-hydrogen) atoms. The molecule has 1 aromatic carbocycles. The van der Waals surface area contributed by atoms with Crippen LogP contribution in [-0.4, -0.2) is 22.0 Å². The van der Waals surface area contributed by atoms with Gasteiger partial charge >= 0.3 is 0 Å². The molecule has 0 spiro atoms. The van der Waals surface area contributed by atoms with Crippen LogP contribution in [-0.2, 0) is 11.3 Å². The van der Waals surface area contributed by atoms with Gasteiger partial charge in [0.15, 0.2) is 0 Å². The van der Waals surface area contributed by atoms with Gasteiger partial charge in [-0.2, -0.15) is 0 Å². The molecule has 2 unspecified atom stereocenters. The number of hydrogen-bond donors (Lipinski definition) is 1. The average molecular weight is 287 g/mol. The van der Waals surface area contributed by atoms with Crippen molar-refractivity contribution >= 4 is 5.91 Å². The van der Waals surface area contributed by atoms with Gasteiger partial charge in [0.05, 0.1) is 6.33 Å². The summed E-state index contributed by atoms with van der Waals surface area (Å²) in [5.41, 5.74) is 0.663. The second-order valence-electron chi connectivity index (χ2n) is 5.42. The molecule has 5 heteroatoms. The van der Waals surface area contributed by atoms with Gasteiger partial charge in [-0.05, 0) is 30.4 Å². The summed E-state index contributed by atoms with van der Waals surface area (Å²) in [5.74, 6) is -0.207. The molecule has 2 atom stereocenters. The summed E-state index contributed by atoms with van der Waals surface area (Å²) in [4.78, 5) is 16.0. The molecular formula is C16H18FN3O. The van der Waals surface area contributed by atoms with Crippen LogP contribution in [0.25, 0.3) is 0 Å². The second-order valence-corrected chi connectivity index (χ2v) is 5.42. The molecule has 1 N–H and O–H groups in total. The van der Waals surface area contributed by atoms with Gasteiger partial charge in [0.25, 0.3) is 0 Å². The Morgan fingerprint density at radius 3 is 3.05 bits per heavy atom. The quantitative estimate of drug-likeness (QED) is 0.829. The Labute approximate surface area is 123 Å². The Bertz CT molecular complexity index is 612. The average Bonchev–Trinajstić information content (AvgIpc) is 3.11. The Balaban J connectivity index is 1.42. The van der Waals surface area contributed by atoms with Gasteiger partial charge in [0.1, 0.15) is 5.82 Å². The van der Waals surface area contributed by atoms with Crippen molar-refractivity contribution in [2.24, 2.45) is 5.92 Å². The van der Waals surface area contributed by atoms with E-state index in [0.29, 0.717) is 12.1 Å². The van der Waals surface area contributed by atoms with Crippen molar-refractivity contribution < 1.29 is 9.18 Å². The predicted molar refractivity (Wildman–Crippen MR) is 77.1 cm³/mol. The first-order valence-electron chi connectivity index (χ1n) is 7.23. The summed E-state index contributed by atoms with van der Waals surface area (Å²) >= 11 is 0. The largest absolute Gasteiger partial charge is 0.356 e. The maximum atomic E-state index is 13.6. The number of rotatable bonds is 6. The number of benzene rings is 1. The molecule has 1 saturated carbocycles. The SMILES string of the molecule is O=C(NCCCn1ccnc1)C1CC1c1ccccc1F. The van der Waals surface area contributed by atoms with Gasteiger partial charge in [-0.15, -0.1) is 0 Å². The van der Waals surface area contributed by atoms with Gasteiger partial charge in [-0.3, -0.25) is 4.79 Å². The zero-order chi connectivity index (χ0) is 14.7. The third-order valence-corrected chi connectivity index (χ3v) is 3.88. The predicted octanol–water partition coefficient (Wildman–Crippen LogP) is 2.33. The summed E-state index contributed by atoms with van der Waals surface area (Å²) < 4.78 is 15.6. The number of aromatic nitrogens is 2. The van der Waals surface area contributed by atoms with Crippen LogP contribution < -0.4 is 5.32 Å². The normalized spacial score (nSPS) is 20.2. The van der Waals surface area contributed by atoms with Gasteiger partial charge in [0, 0.05) is 31.4 Å². The van der Waals surface area contributed by atoms with E-state index in [9.17, 15) is 9.18 Å². The number of nitrogens with one attached hydrogen (secondary N) is 1. The van der Waals surface area contributed by atoms with Crippen LogP contribution in [0.5, 0.6) is 0 Å². The van der Waals surface area contributed by atoms with Crippen LogP contribution in [0.3, 0.4) is 0 Å². The number of carbonyl (C=O) groups is 1. The zero-order valence-electron chi connectivity index (χ0n) is 11.7. The molecule has 2 aromatic rings. The number of hydrogen-bond acceptors (Lipinski definition) is 2. The van der Waals surface area contributed by atoms with E-state index >= 15 is 0 Å². The Hall–Kier alpha value is -2.17. The van der Waals surface area contributed by atoms with Gasteiger partial charge < -0.3 is 9.88 Å². The van der Waals surface area contributed by atoms with Crippen molar-refractivity contribution in [1.29, 1.82) is 0 Å². The number of imidazole rings is 1. The Kier molecular flexibility index (Phi) is 3.99. The lowest BCUT2D eigenvalue weighted by Crippen LogP contribution is -2.27. The summed E-state index contributed by atoms with van der Waals surface area (Å²) in [6, 6.07) is 6.71. The van der Waals surface area contributed by atoms with Crippen LogP contribution in [0.4, 0.5) is 4.39 Å². The highest BCUT2D eigenvalue weighted by Gasteiger charge is 2.44. The lowest BCUT2D eigenvalue weighted by molar-refractivity contribution is -0.122. The number of nitrogens with zero attached hydrogens (tertiary/aromatic N) is 2. The second kappa shape index (κ2) is 6.08. The van der Waals surface area contributed by atoms with Crippen molar-refractivity contribution in [2.45, 2.75) is 25.3 Å². The van der Waals surface area contributed by atoms with E-state index in [1.165, 1.54) is 6.07 Å². The molecule has 0 radical (unpaired) electrons. The molecule has 1 fully saturated rings. The van der Waals surface area contributed by atoms with Crippen LogP contribution in [0.1, 0.15) is 24.3 Å². The van der Waals surface area contributed by atoms with Crippen molar-refractivity contribution in [1.82, 2.24) is 14.9 Å². The van der Waals surface area contributed by atoms with E-state index < -0.39 is 0 Å². The van der Waals surface area contributed by atoms with Crippen LogP contribution in [0, 0.1) is 11.7 Å². The van der Waals surface area contributed by atoms with Crippen LogP contribution >= 0.6 is 0 Å². The molecular weight excluding hydrogens is 269 g/mol. The summed E-state index contributed by atoms with van der Waals surface area (Å²) in [6.45, 7) is 1.47. The van der Waals surface area contributed by atoms with Crippen molar-refractivity contribution in [2.75, 3.05) is 6.54 Å². The lowest BCUT2D eigenvalue weighted by atomic mass is 10.1. The third kappa shape index (κ3) is 3.29. The van der Waals surface area contributed by atoms with Crippen molar-refractivity contribution in [3.05, 3.63) is 54.4 Å². The molecule has 4 nitrogen and oxygen atoms in total. The van der Waals surface area contributed by atoms with Gasteiger partial charge in [-0.1, -0.05) is 18.2 Å². The minimum Gasteiger partial charge on any atom is -0.356 e. The van der Waals surface area contributed by atoms with Gasteiger partial charge in [-0.25, -0.2) is 9.37 Å². The molecule has 3 rings (SSSR count). The monoisotopic (exact) mass is 287 g/mol. The first kappa shape index (κ1) is 13.8. The van der Waals surface area contributed by atoms with E-state index in [-0.39, 0.29) is 23.6 Å². The fraction of sp³-hybridized carbons (Fsp3) is 0.375. The molecule has 1 aliphatic rings. The maximum Gasteiger partial charge on any atom is 0.223 e. The third-order valence-electron chi connectivity index (χ3n) is 3.88. The smallest absolute Gasteiger partial charge is 0.223 e. The van der Waals surface area contributed by atoms with Crippen LogP contribution in [0.15, 0.2) is 43.0 Å². The fourth-order valence-electron chi connectivity index (χ4n) is 2.63. The Morgan fingerprint density at radius 1 is 1.43 bits per heavy atom. The number of amides is 1. The molecule has 1 aromatic heterocycles. The summed E-state index contributed by atoms with van der Waals surface area (Å²) in [7, 11) is 0. The van der Waals surface area contributed by atoms with Crippen LogP contribution in [0.2, 0.25) is 0 Å². The molecule has 1 heterocycles. The van der Waals surface area contributed by atoms with Crippen molar-refractivity contribution in [3.63, 3.8) is 0 Å². The molecule has 0 bridgehead atoms. The van der Waals surface area contributed by atoms with E-state index in [1.807, 2.05) is 16.8 Å². The van der Waals surface area contributed by atoms with Crippen molar-refractivity contribution in [3.8, 4) is 0 Å². The zero-order valence-corrected chi connectivity index (χ0v) is 11.7. The maximum absolute atomic E-state index is 13.6. The minimum atomic E-state index is -0.210. The number of carbonyl (C=O) groups excluding carboxylic acids is 1. The molecule has 0 aliphatic heterocycles.